The molecule has 0 unspecified atom stereocenters. The summed E-state index contributed by atoms with van der Waals surface area (Å²) in [5.41, 5.74) is 1.66. The molecule has 0 aromatic heterocycles. The number of rotatable bonds is 6. The van der Waals surface area contributed by atoms with E-state index in [4.69, 9.17) is 23.2 Å². The lowest BCUT2D eigenvalue weighted by Gasteiger charge is -2.13. The van der Waals surface area contributed by atoms with Gasteiger partial charge in [-0.1, -0.05) is 37.0 Å². The molecule has 6 heteroatoms. The van der Waals surface area contributed by atoms with Crippen LogP contribution in [0.15, 0.2) is 42.5 Å². The fourth-order valence-electron chi connectivity index (χ4n) is 2.44. The fourth-order valence-corrected chi connectivity index (χ4v) is 2.96. The molecular weight excluding hydrogens is 359 g/mol. The highest BCUT2D eigenvalue weighted by Crippen LogP contribution is 2.23. The van der Waals surface area contributed by atoms with Crippen molar-refractivity contribution in [2.24, 2.45) is 5.92 Å². The minimum absolute atomic E-state index is 0.00392. The molecule has 0 heterocycles. The van der Waals surface area contributed by atoms with E-state index in [1.165, 1.54) is 0 Å². The van der Waals surface area contributed by atoms with Crippen molar-refractivity contribution in [3.8, 4) is 0 Å². The molecule has 0 saturated carbocycles. The molecule has 0 aliphatic rings. The number of carbonyl (C=O) groups excluding carboxylic acids is 2. The molecule has 2 rings (SSSR count). The number of anilines is 2. The smallest absolute Gasteiger partial charge is 0.255 e. The second kappa shape index (κ2) is 8.88. The van der Waals surface area contributed by atoms with Gasteiger partial charge in [0.1, 0.15) is 0 Å². The first-order valence-corrected chi connectivity index (χ1v) is 8.86. The summed E-state index contributed by atoms with van der Waals surface area (Å²) in [6.07, 6.45) is 1.59. The number of halogens is 2. The number of amides is 2. The van der Waals surface area contributed by atoms with E-state index in [1.54, 1.807) is 42.5 Å². The van der Waals surface area contributed by atoms with E-state index < -0.39 is 0 Å². The third-order valence-corrected chi connectivity index (χ3v) is 4.33. The first-order chi connectivity index (χ1) is 11.9. The molecule has 0 spiro atoms. The van der Waals surface area contributed by atoms with Gasteiger partial charge in [0.15, 0.2) is 0 Å². The van der Waals surface area contributed by atoms with Gasteiger partial charge in [0.2, 0.25) is 5.91 Å². The van der Waals surface area contributed by atoms with Crippen molar-refractivity contribution in [2.45, 2.75) is 26.7 Å². The van der Waals surface area contributed by atoms with Gasteiger partial charge < -0.3 is 10.6 Å². The first kappa shape index (κ1) is 19.3. The van der Waals surface area contributed by atoms with Crippen molar-refractivity contribution in [2.75, 3.05) is 10.6 Å². The van der Waals surface area contributed by atoms with E-state index >= 15 is 0 Å². The minimum atomic E-state index is -0.281. The maximum Gasteiger partial charge on any atom is 0.255 e. The summed E-state index contributed by atoms with van der Waals surface area (Å²) >= 11 is 11.8. The van der Waals surface area contributed by atoms with Gasteiger partial charge in [-0.15, -0.1) is 0 Å². The Balaban J connectivity index is 2.03. The predicted octanol–water partition coefficient (Wildman–Crippen LogP) is 5.62. The van der Waals surface area contributed by atoms with E-state index in [0.29, 0.717) is 27.0 Å². The standard InChI is InChI=1S/C19H20Cl2N2O2/c1-3-12(4-2)18(24)22-16-7-5-13(6-8-16)19(25)23-17-10-14(20)9-15(21)11-17/h5-12H,3-4H2,1-2H3,(H,22,24)(H,23,25). The molecule has 2 aromatic rings. The van der Waals surface area contributed by atoms with Crippen LogP contribution in [0.4, 0.5) is 11.4 Å². The summed E-state index contributed by atoms with van der Waals surface area (Å²) in [6.45, 7) is 3.98. The average molecular weight is 379 g/mol. The molecule has 0 aliphatic carbocycles. The van der Waals surface area contributed by atoms with Gasteiger partial charge in [-0.2, -0.15) is 0 Å². The summed E-state index contributed by atoms with van der Waals surface area (Å²) in [5, 5.41) is 6.50. The number of hydrogen-bond acceptors (Lipinski definition) is 2. The van der Waals surface area contributed by atoms with E-state index in [0.717, 1.165) is 12.8 Å². The molecule has 0 aliphatic heterocycles. The lowest BCUT2D eigenvalue weighted by Crippen LogP contribution is -2.21. The van der Waals surface area contributed by atoms with Crippen LogP contribution < -0.4 is 10.6 Å². The van der Waals surface area contributed by atoms with Gasteiger partial charge in [-0.05, 0) is 55.3 Å². The van der Waals surface area contributed by atoms with Crippen LogP contribution in [0.1, 0.15) is 37.0 Å². The molecule has 25 heavy (non-hydrogen) atoms. The monoisotopic (exact) mass is 378 g/mol. The highest BCUT2D eigenvalue weighted by Gasteiger charge is 2.14. The van der Waals surface area contributed by atoms with Crippen LogP contribution in [0, 0.1) is 5.92 Å². The highest BCUT2D eigenvalue weighted by atomic mass is 35.5. The zero-order valence-electron chi connectivity index (χ0n) is 14.1. The summed E-state index contributed by atoms with van der Waals surface area (Å²) in [6, 6.07) is 11.6. The molecule has 2 amide bonds. The van der Waals surface area contributed by atoms with Crippen LogP contribution >= 0.6 is 23.2 Å². The van der Waals surface area contributed by atoms with Crippen LogP contribution in [0.3, 0.4) is 0 Å². The maximum atomic E-state index is 12.3. The largest absolute Gasteiger partial charge is 0.326 e. The van der Waals surface area contributed by atoms with Crippen LogP contribution in [0.2, 0.25) is 10.0 Å². The summed E-state index contributed by atoms with van der Waals surface area (Å²) < 4.78 is 0. The Morgan fingerprint density at radius 1 is 0.880 bits per heavy atom. The van der Waals surface area contributed by atoms with E-state index in [1.807, 2.05) is 13.8 Å². The highest BCUT2D eigenvalue weighted by molar-refractivity contribution is 6.35. The van der Waals surface area contributed by atoms with Crippen LogP contribution in [0.5, 0.6) is 0 Å². The Morgan fingerprint density at radius 2 is 1.44 bits per heavy atom. The normalized spacial score (nSPS) is 10.6. The van der Waals surface area contributed by atoms with Crippen molar-refractivity contribution < 1.29 is 9.59 Å². The Morgan fingerprint density at radius 3 is 1.96 bits per heavy atom. The Kier molecular flexibility index (Phi) is 6.85. The Hall–Kier alpha value is -2.04. The third-order valence-electron chi connectivity index (χ3n) is 3.89. The number of benzene rings is 2. The second-order valence-electron chi connectivity index (χ2n) is 5.69. The number of carbonyl (C=O) groups is 2. The van der Waals surface area contributed by atoms with Gasteiger partial charge in [-0.3, -0.25) is 9.59 Å². The SMILES string of the molecule is CCC(CC)C(=O)Nc1ccc(C(=O)Nc2cc(Cl)cc(Cl)c2)cc1. The molecule has 2 aromatic carbocycles. The maximum absolute atomic E-state index is 12.3. The molecule has 4 nitrogen and oxygen atoms in total. The van der Waals surface area contributed by atoms with Crippen molar-refractivity contribution in [1.82, 2.24) is 0 Å². The summed E-state index contributed by atoms with van der Waals surface area (Å²) in [4.78, 5) is 24.4. The van der Waals surface area contributed by atoms with Gasteiger partial charge in [-0.25, -0.2) is 0 Å². The average Bonchev–Trinajstić information content (AvgIpc) is 2.55. The molecule has 2 N–H and O–H groups in total. The molecular formula is C19H20Cl2N2O2. The van der Waals surface area contributed by atoms with Gasteiger partial charge in [0, 0.05) is 32.9 Å². The summed E-state index contributed by atoms with van der Waals surface area (Å²) in [5.74, 6) is -0.289. The van der Waals surface area contributed by atoms with Crippen LogP contribution in [-0.2, 0) is 4.79 Å². The van der Waals surface area contributed by atoms with E-state index in [-0.39, 0.29) is 17.7 Å². The minimum Gasteiger partial charge on any atom is -0.326 e. The van der Waals surface area contributed by atoms with Crippen molar-refractivity contribution in [3.63, 3.8) is 0 Å². The predicted molar refractivity (Wildman–Crippen MR) is 104 cm³/mol. The van der Waals surface area contributed by atoms with Crippen molar-refractivity contribution in [3.05, 3.63) is 58.1 Å². The van der Waals surface area contributed by atoms with E-state index in [9.17, 15) is 9.59 Å². The second-order valence-corrected chi connectivity index (χ2v) is 6.57. The first-order valence-electron chi connectivity index (χ1n) is 8.11. The van der Waals surface area contributed by atoms with Crippen LogP contribution in [-0.4, -0.2) is 11.8 Å². The van der Waals surface area contributed by atoms with Gasteiger partial charge in [0.05, 0.1) is 0 Å². The topological polar surface area (TPSA) is 58.2 Å². The van der Waals surface area contributed by atoms with Crippen LogP contribution in [0.25, 0.3) is 0 Å². The molecule has 0 atom stereocenters. The van der Waals surface area contributed by atoms with E-state index in [2.05, 4.69) is 10.6 Å². The zero-order valence-corrected chi connectivity index (χ0v) is 15.6. The Bertz CT molecular complexity index is 736. The summed E-state index contributed by atoms with van der Waals surface area (Å²) in [7, 11) is 0. The molecule has 0 fully saturated rings. The molecule has 0 bridgehead atoms. The van der Waals surface area contributed by atoms with Gasteiger partial charge in [0.25, 0.3) is 5.91 Å². The molecule has 132 valence electrons. The number of hydrogen-bond donors (Lipinski definition) is 2. The molecule has 0 saturated heterocycles. The number of nitrogens with one attached hydrogen (secondary N) is 2. The third kappa shape index (κ3) is 5.48. The van der Waals surface area contributed by atoms with Crippen molar-refractivity contribution >= 4 is 46.4 Å². The quantitative estimate of drug-likeness (QED) is 0.684. The Labute approximate surface area is 157 Å². The van der Waals surface area contributed by atoms with Gasteiger partial charge >= 0.3 is 0 Å². The fraction of sp³-hybridized carbons (Fsp3) is 0.263. The lowest BCUT2D eigenvalue weighted by molar-refractivity contribution is -0.120. The molecule has 0 radical (unpaired) electrons. The lowest BCUT2D eigenvalue weighted by atomic mass is 10.0. The van der Waals surface area contributed by atoms with Crippen molar-refractivity contribution in [1.29, 1.82) is 0 Å². The zero-order chi connectivity index (χ0) is 18.4.